The van der Waals surface area contributed by atoms with Crippen LogP contribution in [0.4, 0.5) is 5.00 Å². The number of hydrogen-bond donors (Lipinski definition) is 2. The molecule has 3 N–H and O–H groups in total. The van der Waals surface area contributed by atoms with E-state index in [9.17, 15) is 9.59 Å². The molecule has 1 aromatic heterocycles. The number of anilines is 1. The zero-order valence-corrected chi connectivity index (χ0v) is 17.6. The van der Waals surface area contributed by atoms with Gasteiger partial charge < -0.3 is 15.8 Å². The standard InChI is InChI=1S/C21H27N3O3S/c1-12-9-24(10-13(2)27-12)11-16-5-7-17(8-6-16)20(26)23-21-18(19(22)25)14(3)15(4)28-21/h5-8,12-13H,9-11H2,1-4H3,(H2,22,25)(H,23,26). The van der Waals surface area contributed by atoms with E-state index in [4.69, 9.17) is 10.5 Å². The third kappa shape index (κ3) is 4.60. The van der Waals surface area contributed by atoms with E-state index in [2.05, 4.69) is 24.1 Å². The van der Waals surface area contributed by atoms with Gasteiger partial charge in [-0.3, -0.25) is 14.5 Å². The Morgan fingerprint density at radius 2 is 1.79 bits per heavy atom. The van der Waals surface area contributed by atoms with E-state index in [1.165, 1.54) is 11.3 Å². The summed E-state index contributed by atoms with van der Waals surface area (Å²) in [6, 6.07) is 7.57. The van der Waals surface area contributed by atoms with Crippen LogP contribution in [-0.4, -0.2) is 42.0 Å². The lowest BCUT2D eigenvalue weighted by Gasteiger charge is -2.35. The van der Waals surface area contributed by atoms with Gasteiger partial charge in [-0.05, 0) is 51.0 Å². The summed E-state index contributed by atoms with van der Waals surface area (Å²) in [5, 5.41) is 3.34. The predicted octanol–water partition coefficient (Wildman–Crippen LogP) is 3.33. The number of amides is 2. The number of hydrogen-bond acceptors (Lipinski definition) is 5. The second-order valence-corrected chi connectivity index (χ2v) is 8.68. The highest BCUT2D eigenvalue weighted by Gasteiger charge is 2.22. The number of nitrogens with zero attached hydrogens (tertiary/aromatic N) is 1. The molecule has 1 aliphatic heterocycles. The van der Waals surface area contributed by atoms with Gasteiger partial charge >= 0.3 is 0 Å². The minimum Gasteiger partial charge on any atom is -0.373 e. The number of carbonyl (C=O) groups is 2. The van der Waals surface area contributed by atoms with Gasteiger partial charge in [-0.2, -0.15) is 0 Å². The number of nitrogens with one attached hydrogen (secondary N) is 1. The summed E-state index contributed by atoms with van der Waals surface area (Å²) in [7, 11) is 0. The Hall–Kier alpha value is -2.22. The first-order valence-electron chi connectivity index (χ1n) is 9.42. The normalized spacial score (nSPS) is 20.1. The molecule has 0 radical (unpaired) electrons. The van der Waals surface area contributed by atoms with Gasteiger partial charge in [0, 0.05) is 30.1 Å². The third-order valence-corrected chi connectivity index (χ3v) is 6.10. The molecule has 1 aromatic carbocycles. The molecule has 2 aromatic rings. The van der Waals surface area contributed by atoms with Crippen molar-refractivity contribution in [3.05, 3.63) is 51.4 Å². The molecule has 2 atom stereocenters. The van der Waals surface area contributed by atoms with E-state index >= 15 is 0 Å². The van der Waals surface area contributed by atoms with Crippen LogP contribution >= 0.6 is 11.3 Å². The highest BCUT2D eigenvalue weighted by atomic mass is 32.1. The highest BCUT2D eigenvalue weighted by Crippen LogP contribution is 2.32. The van der Waals surface area contributed by atoms with E-state index in [-0.39, 0.29) is 18.1 Å². The van der Waals surface area contributed by atoms with E-state index in [0.717, 1.165) is 35.6 Å². The molecule has 6 nitrogen and oxygen atoms in total. The zero-order chi connectivity index (χ0) is 20.4. The molecule has 2 amide bonds. The first-order chi connectivity index (χ1) is 13.2. The number of aryl methyl sites for hydroxylation is 1. The van der Waals surface area contributed by atoms with Crippen molar-refractivity contribution in [1.29, 1.82) is 0 Å². The summed E-state index contributed by atoms with van der Waals surface area (Å²) < 4.78 is 5.77. The molecule has 7 heteroatoms. The largest absolute Gasteiger partial charge is 0.373 e. The quantitative estimate of drug-likeness (QED) is 0.805. The first kappa shape index (κ1) is 20.5. The predicted molar refractivity (Wildman–Crippen MR) is 112 cm³/mol. The van der Waals surface area contributed by atoms with E-state index in [0.29, 0.717) is 16.1 Å². The van der Waals surface area contributed by atoms with Gasteiger partial charge in [0.25, 0.3) is 11.8 Å². The van der Waals surface area contributed by atoms with Gasteiger partial charge in [-0.25, -0.2) is 0 Å². The Labute approximate surface area is 169 Å². The number of morpholine rings is 1. The summed E-state index contributed by atoms with van der Waals surface area (Å²) in [5.41, 5.74) is 8.38. The Balaban J connectivity index is 1.67. The monoisotopic (exact) mass is 401 g/mol. The van der Waals surface area contributed by atoms with E-state index in [1.54, 1.807) is 0 Å². The third-order valence-electron chi connectivity index (χ3n) is 4.98. The number of rotatable bonds is 5. The molecule has 2 unspecified atom stereocenters. The lowest BCUT2D eigenvalue weighted by atomic mass is 10.1. The number of benzene rings is 1. The van der Waals surface area contributed by atoms with Crippen molar-refractivity contribution < 1.29 is 14.3 Å². The van der Waals surface area contributed by atoms with E-state index in [1.807, 2.05) is 38.1 Å². The van der Waals surface area contributed by atoms with Gasteiger partial charge in [0.1, 0.15) is 5.00 Å². The van der Waals surface area contributed by atoms with Crippen LogP contribution in [0.1, 0.15) is 50.6 Å². The van der Waals surface area contributed by atoms with Crippen molar-refractivity contribution in [3.8, 4) is 0 Å². The van der Waals surface area contributed by atoms with E-state index < -0.39 is 5.91 Å². The summed E-state index contributed by atoms with van der Waals surface area (Å²) in [6.45, 7) is 10.6. The topological polar surface area (TPSA) is 84.7 Å². The maximum absolute atomic E-state index is 12.6. The maximum Gasteiger partial charge on any atom is 0.256 e. The van der Waals surface area contributed by atoms with Gasteiger partial charge in [0.2, 0.25) is 0 Å². The van der Waals surface area contributed by atoms with Crippen molar-refractivity contribution in [2.75, 3.05) is 18.4 Å². The van der Waals surface area contributed by atoms with Crippen molar-refractivity contribution in [3.63, 3.8) is 0 Å². The Morgan fingerprint density at radius 1 is 1.18 bits per heavy atom. The molecule has 28 heavy (non-hydrogen) atoms. The number of nitrogens with two attached hydrogens (primary N) is 1. The molecule has 1 aliphatic rings. The van der Waals surface area contributed by atoms with Crippen LogP contribution in [0.5, 0.6) is 0 Å². The van der Waals surface area contributed by atoms with Crippen LogP contribution in [0.2, 0.25) is 0 Å². The Bertz CT molecular complexity index is 866. The number of thiophene rings is 1. The lowest BCUT2D eigenvalue weighted by Crippen LogP contribution is -2.44. The van der Waals surface area contributed by atoms with Gasteiger partial charge in [0.15, 0.2) is 0 Å². The SMILES string of the molecule is Cc1sc(NC(=O)c2ccc(CN3CC(C)OC(C)C3)cc2)c(C(N)=O)c1C. The molecular weight excluding hydrogens is 374 g/mol. The van der Waals surface area contributed by atoms with Crippen molar-refractivity contribution in [1.82, 2.24) is 4.90 Å². The first-order valence-corrected chi connectivity index (χ1v) is 10.2. The summed E-state index contributed by atoms with van der Waals surface area (Å²) in [4.78, 5) is 27.7. The van der Waals surface area contributed by atoms with Crippen LogP contribution in [0.25, 0.3) is 0 Å². The number of carbonyl (C=O) groups excluding carboxylic acids is 2. The summed E-state index contributed by atoms with van der Waals surface area (Å²) >= 11 is 1.37. The maximum atomic E-state index is 12.6. The highest BCUT2D eigenvalue weighted by molar-refractivity contribution is 7.16. The van der Waals surface area contributed by atoms with Crippen molar-refractivity contribution in [2.45, 2.75) is 46.4 Å². The average molecular weight is 402 g/mol. The smallest absolute Gasteiger partial charge is 0.256 e. The molecule has 0 bridgehead atoms. The molecule has 1 fully saturated rings. The fourth-order valence-corrected chi connectivity index (χ4v) is 4.68. The molecular formula is C21H27N3O3S. The second-order valence-electron chi connectivity index (χ2n) is 7.45. The Morgan fingerprint density at radius 3 is 2.36 bits per heavy atom. The van der Waals surface area contributed by atoms with Crippen LogP contribution in [0.15, 0.2) is 24.3 Å². The van der Waals surface area contributed by atoms with Crippen molar-refractivity contribution >= 4 is 28.2 Å². The average Bonchev–Trinajstić information content (AvgIpc) is 2.88. The minimum absolute atomic E-state index is 0.228. The fourth-order valence-electron chi connectivity index (χ4n) is 3.62. The molecule has 0 saturated carbocycles. The van der Waals surface area contributed by atoms with Crippen LogP contribution in [0.3, 0.4) is 0 Å². The van der Waals surface area contributed by atoms with Gasteiger partial charge in [0.05, 0.1) is 17.8 Å². The Kier molecular flexibility index (Phi) is 6.17. The number of ether oxygens (including phenoxy) is 1. The summed E-state index contributed by atoms with van der Waals surface area (Å²) in [5.74, 6) is -0.773. The molecule has 2 heterocycles. The summed E-state index contributed by atoms with van der Waals surface area (Å²) in [6.07, 6.45) is 0.455. The zero-order valence-electron chi connectivity index (χ0n) is 16.7. The van der Waals surface area contributed by atoms with Gasteiger partial charge in [-0.1, -0.05) is 12.1 Å². The molecule has 3 rings (SSSR count). The molecule has 1 saturated heterocycles. The second kappa shape index (κ2) is 8.43. The van der Waals surface area contributed by atoms with Crippen molar-refractivity contribution in [2.24, 2.45) is 5.73 Å². The molecule has 0 spiro atoms. The fraction of sp³-hybridized carbons (Fsp3) is 0.429. The minimum atomic E-state index is -0.526. The van der Waals surface area contributed by atoms with Crippen LogP contribution in [0, 0.1) is 13.8 Å². The van der Waals surface area contributed by atoms with Crippen LogP contribution < -0.4 is 11.1 Å². The van der Waals surface area contributed by atoms with Crippen LogP contribution in [-0.2, 0) is 11.3 Å². The van der Waals surface area contributed by atoms with Gasteiger partial charge in [-0.15, -0.1) is 11.3 Å². The lowest BCUT2D eigenvalue weighted by molar-refractivity contribution is -0.0704. The molecule has 0 aliphatic carbocycles. The molecule has 150 valence electrons. The number of primary amides is 1.